The van der Waals surface area contributed by atoms with Crippen LogP contribution in [0.3, 0.4) is 0 Å². The summed E-state index contributed by atoms with van der Waals surface area (Å²) in [4.78, 5) is 12.2. The summed E-state index contributed by atoms with van der Waals surface area (Å²) in [6.07, 6.45) is 0.693. The molecule has 0 radical (unpaired) electrons. The normalized spacial score (nSPS) is 11.2. The van der Waals surface area contributed by atoms with E-state index in [2.05, 4.69) is 0 Å². The molecule has 0 amide bonds. The fourth-order valence-electron chi connectivity index (χ4n) is 2.92. The lowest BCUT2D eigenvalue weighted by molar-refractivity contribution is 0.0505. The summed E-state index contributed by atoms with van der Waals surface area (Å²) in [5.41, 5.74) is 1.02. The highest BCUT2D eigenvalue weighted by Crippen LogP contribution is 2.27. The predicted octanol–water partition coefficient (Wildman–Crippen LogP) is 5.44. The van der Waals surface area contributed by atoms with Gasteiger partial charge in [-0.3, -0.25) is 4.31 Å². The van der Waals surface area contributed by atoms with Crippen molar-refractivity contribution in [2.24, 2.45) is 0 Å². The van der Waals surface area contributed by atoms with Gasteiger partial charge in [-0.1, -0.05) is 36.7 Å². The molecule has 8 heteroatoms. The molecule has 3 aromatic rings. The zero-order valence-corrected chi connectivity index (χ0v) is 18.4. The van der Waals surface area contributed by atoms with E-state index < -0.39 is 21.8 Å². The number of benzene rings is 3. The number of nitrogens with zero attached hydrogens (tertiary/aromatic N) is 1. The lowest BCUT2D eigenvalue weighted by Crippen LogP contribution is -2.30. The van der Waals surface area contributed by atoms with Crippen LogP contribution < -0.4 is 4.31 Å². The summed E-state index contributed by atoms with van der Waals surface area (Å²) in [6.45, 7) is 2.08. The van der Waals surface area contributed by atoms with Crippen molar-refractivity contribution in [2.75, 3.05) is 10.9 Å². The van der Waals surface area contributed by atoms with Crippen LogP contribution in [0.2, 0.25) is 5.02 Å². The maximum absolute atomic E-state index is 13.9. The summed E-state index contributed by atoms with van der Waals surface area (Å²) in [7, 11) is -4.04. The van der Waals surface area contributed by atoms with E-state index >= 15 is 0 Å². The van der Waals surface area contributed by atoms with E-state index in [9.17, 15) is 17.6 Å². The van der Waals surface area contributed by atoms with E-state index in [0.717, 1.165) is 10.4 Å². The zero-order chi connectivity index (χ0) is 22.4. The summed E-state index contributed by atoms with van der Waals surface area (Å²) in [5, 5.41) is 0.398. The molecule has 0 N–H and O–H groups in total. The van der Waals surface area contributed by atoms with E-state index in [0.29, 0.717) is 29.2 Å². The monoisotopic (exact) mass is 461 g/mol. The van der Waals surface area contributed by atoms with Gasteiger partial charge in [-0.05, 0) is 66.6 Å². The molecule has 0 saturated heterocycles. The molecule has 0 atom stereocenters. The molecule has 0 saturated carbocycles. The van der Waals surface area contributed by atoms with Crippen LogP contribution in [0.25, 0.3) is 0 Å². The largest absolute Gasteiger partial charge is 0.462 e. The Morgan fingerprint density at radius 1 is 1.03 bits per heavy atom. The van der Waals surface area contributed by atoms with Gasteiger partial charge < -0.3 is 4.74 Å². The average molecular weight is 462 g/mol. The second kappa shape index (κ2) is 9.94. The average Bonchev–Trinajstić information content (AvgIpc) is 2.76. The molecule has 3 rings (SSSR count). The van der Waals surface area contributed by atoms with Crippen molar-refractivity contribution in [3.8, 4) is 0 Å². The first-order valence-corrected chi connectivity index (χ1v) is 11.4. The minimum atomic E-state index is -4.04. The zero-order valence-electron chi connectivity index (χ0n) is 16.8. The Morgan fingerprint density at radius 3 is 2.42 bits per heavy atom. The number of esters is 1. The highest BCUT2D eigenvalue weighted by atomic mass is 35.5. The van der Waals surface area contributed by atoms with Crippen LogP contribution in [0, 0.1) is 5.82 Å². The van der Waals surface area contributed by atoms with Crippen LogP contribution in [0.5, 0.6) is 0 Å². The van der Waals surface area contributed by atoms with Gasteiger partial charge in [-0.2, -0.15) is 0 Å². The standard InChI is InChI=1S/C23H21ClFNO4S/c1-2-13-30-23(27)18-6-3-5-17(14-18)16-26(21-8-4-7-20(25)15-21)31(28,29)22-11-9-19(24)10-12-22/h3-12,14-15H,2,13,16H2,1H3. The molecule has 0 bridgehead atoms. The Balaban J connectivity index is 2.00. The molecular weight excluding hydrogens is 441 g/mol. The molecule has 5 nitrogen and oxygen atoms in total. The number of hydrogen-bond donors (Lipinski definition) is 0. The predicted molar refractivity (Wildman–Crippen MR) is 118 cm³/mol. The minimum Gasteiger partial charge on any atom is -0.462 e. The topological polar surface area (TPSA) is 63.7 Å². The first-order valence-electron chi connectivity index (χ1n) is 9.61. The number of rotatable bonds is 8. The van der Waals surface area contributed by atoms with Crippen LogP contribution >= 0.6 is 11.6 Å². The Labute approximate surface area is 186 Å². The van der Waals surface area contributed by atoms with Gasteiger partial charge in [-0.25, -0.2) is 17.6 Å². The lowest BCUT2D eigenvalue weighted by atomic mass is 10.1. The fourth-order valence-corrected chi connectivity index (χ4v) is 4.49. The van der Waals surface area contributed by atoms with Crippen molar-refractivity contribution in [2.45, 2.75) is 24.8 Å². The van der Waals surface area contributed by atoms with Crippen LogP contribution in [-0.4, -0.2) is 21.0 Å². The van der Waals surface area contributed by atoms with Crippen LogP contribution in [0.4, 0.5) is 10.1 Å². The van der Waals surface area contributed by atoms with Gasteiger partial charge >= 0.3 is 5.97 Å². The highest BCUT2D eigenvalue weighted by Gasteiger charge is 2.26. The number of ether oxygens (including phenoxy) is 1. The molecule has 0 spiro atoms. The third kappa shape index (κ3) is 5.62. The van der Waals surface area contributed by atoms with Gasteiger partial charge in [0.25, 0.3) is 10.0 Å². The summed E-state index contributed by atoms with van der Waals surface area (Å²) >= 11 is 5.89. The molecule has 0 heterocycles. The van der Waals surface area contributed by atoms with Crippen LogP contribution in [0.1, 0.15) is 29.3 Å². The molecule has 0 aliphatic rings. The lowest BCUT2D eigenvalue weighted by Gasteiger charge is -2.25. The third-order valence-electron chi connectivity index (χ3n) is 4.42. The van der Waals surface area contributed by atoms with Crippen molar-refractivity contribution < 1.29 is 22.3 Å². The number of hydrogen-bond acceptors (Lipinski definition) is 4. The molecule has 0 fully saturated rings. The summed E-state index contributed by atoms with van der Waals surface area (Å²) in [5.74, 6) is -1.05. The van der Waals surface area contributed by atoms with Gasteiger partial charge in [0.15, 0.2) is 0 Å². The Kier molecular flexibility index (Phi) is 7.30. The van der Waals surface area contributed by atoms with E-state index in [1.54, 1.807) is 24.3 Å². The second-order valence-corrected chi connectivity index (χ2v) is 9.08. The quantitative estimate of drug-likeness (QED) is 0.419. The van der Waals surface area contributed by atoms with Gasteiger partial charge in [0.05, 0.1) is 29.3 Å². The molecule has 0 aliphatic carbocycles. The molecular formula is C23H21ClFNO4S. The van der Waals surface area contributed by atoms with Crippen molar-refractivity contribution in [3.05, 3.63) is 94.8 Å². The number of carbonyl (C=O) groups excluding carboxylic acids is 1. The first-order chi connectivity index (χ1) is 14.8. The van der Waals surface area contributed by atoms with Crippen molar-refractivity contribution in [3.63, 3.8) is 0 Å². The maximum Gasteiger partial charge on any atom is 0.338 e. The number of sulfonamides is 1. The number of halogens is 2. The van der Waals surface area contributed by atoms with Gasteiger partial charge in [0.1, 0.15) is 5.82 Å². The van der Waals surface area contributed by atoms with Crippen molar-refractivity contribution in [1.82, 2.24) is 0 Å². The van der Waals surface area contributed by atoms with Gasteiger partial charge in [0.2, 0.25) is 0 Å². The minimum absolute atomic E-state index is 0.0136. The van der Waals surface area contributed by atoms with E-state index in [-0.39, 0.29) is 17.1 Å². The van der Waals surface area contributed by atoms with Crippen molar-refractivity contribution in [1.29, 1.82) is 0 Å². The molecule has 162 valence electrons. The van der Waals surface area contributed by atoms with E-state index in [1.807, 2.05) is 6.92 Å². The summed E-state index contributed by atoms with van der Waals surface area (Å²) in [6, 6.07) is 17.6. The summed E-state index contributed by atoms with van der Waals surface area (Å²) < 4.78 is 46.9. The smallest absolute Gasteiger partial charge is 0.338 e. The second-order valence-electron chi connectivity index (χ2n) is 6.78. The van der Waals surface area contributed by atoms with Gasteiger partial charge in [-0.15, -0.1) is 0 Å². The number of anilines is 1. The third-order valence-corrected chi connectivity index (χ3v) is 6.46. The van der Waals surface area contributed by atoms with E-state index in [4.69, 9.17) is 16.3 Å². The molecule has 3 aromatic carbocycles. The molecule has 31 heavy (non-hydrogen) atoms. The van der Waals surface area contributed by atoms with Gasteiger partial charge in [0, 0.05) is 5.02 Å². The maximum atomic E-state index is 13.9. The number of carbonyl (C=O) groups is 1. The SMILES string of the molecule is CCCOC(=O)c1cccc(CN(c2cccc(F)c2)S(=O)(=O)c2ccc(Cl)cc2)c1. The van der Waals surface area contributed by atoms with Crippen molar-refractivity contribution >= 4 is 33.3 Å². The molecule has 0 aliphatic heterocycles. The Morgan fingerprint density at radius 2 is 1.74 bits per heavy atom. The first kappa shape index (κ1) is 22.8. The molecule has 0 aromatic heterocycles. The fraction of sp³-hybridized carbons (Fsp3) is 0.174. The van der Waals surface area contributed by atoms with Crippen LogP contribution in [0.15, 0.2) is 77.7 Å². The Bertz CT molecular complexity index is 1170. The van der Waals surface area contributed by atoms with E-state index in [1.165, 1.54) is 42.5 Å². The molecule has 0 unspecified atom stereocenters. The Hall–Kier alpha value is -2.90. The van der Waals surface area contributed by atoms with Crippen LogP contribution in [-0.2, 0) is 21.3 Å². The highest BCUT2D eigenvalue weighted by molar-refractivity contribution is 7.92.